The van der Waals surface area contributed by atoms with Crippen molar-refractivity contribution in [3.05, 3.63) is 63.5 Å². The molecule has 0 unspecified atom stereocenters. The number of hydrogen-bond donors (Lipinski definition) is 1. The molecule has 1 N–H and O–H groups in total. The van der Waals surface area contributed by atoms with Gasteiger partial charge < -0.3 is 10.1 Å². The number of aromatic nitrogens is 2. The van der Waals surface area contributed by atoms with E-state index < -0.39 is 0 Å². The number of para-hydroxylation sites is 1. The van der Waals surface area contributed by atoms with Crippen LogP contribution in [0, 0.1) is 0 Å². The zero-order chi connectivity index (χ0) is 15.8. The second-order valence-corrected chi connectivity index (χ2v) is 6.64. The van der Waals surface area contributed by atoms with E-state index in [4.69, 9.17) is 4.74 Å². The minimum absolute atomic E-state index is 0.0322. The third-order valence-electron chi connectivity index (χ3n) is 4.30. The van der Waals surface area contributed by atoms with E-state index in [0.717, 1.165) is 16.4 Å². The van der Waals surface area contributed by atoms with Gasteiger partial charge in [-0.25, -0.2) is 4.98 Å². The van der Waals surface area contributed by atoms with Gasteiger partial charge in [-0.15, -0.1) is 11.3 Å². The molecule has 0 radical (unpaired) electrons. The Bertz CT molecular complexity index is 902. The highest BCUT2D eigenvalue weighted by atomic mass is 32.1. The molecular weight excluding hydrogens is 310 g/mol. The molecule has 1 aliphatic rings. The van der Waals surface area contributed by atoms with Crippen LogP contribution in [0.25, 0.3) is 4.96 Å². The van der Waals surface area contributed by atoms with E-state index in [1.807, 2.05) is 23.6 Å². The number of fused-ring (bicyclic) bond motifs is 2. The van der Waals surface area contributed by atoms with Crippen LogP contribution in [0.2, 0.25) is 0 Å². The van der Waals surface area contributed by atoms with Gasteiger partial charge in [0, 0.05) is 41.7 Å². The molecule has 0 amide bonds. The molecule has 0 aliphatic carbocycles. The van der Waals surface area contributed by atoms with Gasteiger partial charge in [0.1, 0.15) is 5.75 Å². The highest BCUT2D eigenvalue weighted by Crippen LogP contribution is 2.35. The molecule has 1 aliphatic heterocycles. The minimum atomic E-state index is -0.0322. The fourth-order valence-corrected chi connectivity index (χ4v) is 3.73. The van der Waals surface area contributed by atoms with Crippen molar-refractivity contribution in [2.24, 2.45) is 0 Å². The normalized spacial score (nSPS) is 17.9. The summed E-state index contributed by atoms with van der Waals surface area (Å²) in [5.41, 5.74) is 1.99. The summed E-state index contributed by atoms with van der Waals surface area (Å²) in [6.07, 6.45) is 1.75. The summed E-state index contributed by atoms with van der Waals surface area (Å²) >= 11 is 1.47. The molecule has 23 heavy (non-hydrogen) atoms. The van der Waals surface area contributed by atoms with E-state index in [1.54, 1.807) is 16.7 Å². The third-order valence-corrected chi connectivity index (χ3v) is 5.06. The van der Waals surface area contributed by atoms with Gasteiger partial charge in [-0.2, -0.15) is 0 Å². The first-order chi connectivity index (χ1) is 11.2. The van der Waals surface area contributed by atoms with Crippen LogP contribution in [0.3, 0.4) is 0 Å². The number of thiazole rings is 1. The molecule has 2 atom stereocenters. The maximum Gasteiger partial charge on any atom is 0.258 e. The Hall–Kier alpha value is -2.18. The largest absolute Gasteiger partial charge is 0.493 e. The lowest BCUT2D eigenvalue weighted by Gasteiger charge is -2.19. The zero-order valence-electron chi connectivity index (χ0n) is 12.7. The van der Waals surface area contributed by atoms with Crippen LogP contribution < -0.4 is 15.6 Å². The molecular formula is C17H17N3O2S. The molecule has 0 saturated carbocycles. The first-order valence-electron chi connectivity index (χ1n) is 7.63. The van der Waals surface area contributed by atoms with Crippen molar-refractivity contribution in [1.82, 2.24) is 14.7 Å². The lowest BCUT2D eigenvalue weighted by atomic mass is 9.94. The molecule has 0 saturated heterocycles. The van der Waals surface area contributed by atoms with E-state index in [2.05, 4.69) is 23.3 Å². The number of nitrogens with one attached hydrogen (secondary N) is 1. The molecule has 118 valence electrons. The van der Waals surface area contributed by atoms with Crippen LogP contribution in [0.1, 0.15) is 24.1 Å². The van der Waals surface area contributed by atoms with Crippen molar-refractivity contribution in [3.63, 3.8) is 0 Å². The Balaban J connectivity index is 1.49. The predicted octanol–water partition coefficient (Wildman–Crippen LogP) is 2.41. The second kappa shape index (κ2) is 5.79. The number of nitrogens with zero attached hydrogens (tertiary/aromatic N) is 2. The van der Waals surface area contributed by atoms with Crippen LogP contribution in [-0.2, 0) is 6.54 Å². The lowest BCUT2D eigenvalue weighted by Crippen LogP contribution is -2.33. The highest BCUT2D eigenvalue weighted by molar-refractivity contribution is 7.15. The van der Waals surface area contributed by atoms with Crippen molar-refractivity contribution in [3.8, 4) is 5.75 Å². The van der Waals surface area contributed by atoms with Crippen LogP contribution >= 0.6 is 11.3 Å². The van der Waals surface area contributed by atoms with Gasteiger partial charge in [-0.1, -0.05) is 18.2 Å². The van der Waals surface area contributed by atoms with E-state index in [0.29, 0.717) is 19.1 Å². The molecule has 3 aromatic rings. The van der Waals surface area contributed by atoms with Crippen molar-refractivity contribution in [1.29, 1.82) is 0 Å². The maximum absolute atomic E-state index is 12.0. The second-order valence-electron chi connectivity index (χ2n) is 5.77. The average molecular weight is 327 g/mol. The Morgan fingerprint density at radius 2 is 2.35 bits per heavy atom. The van der Waals surface area contributed by atoms with Gasteiger partial charge in [-0.3, -0.25) is 9.20 Å². The SMILES string of the molecule is C[C@@H](NCc1cc(=O)n2ccsc2n1)[C@H]1COc2ccccc21. The van der Waals surface area contributed by atoms with Gasteiger partial charge in [-0.05, 0) is 13.0 Å². The summed E-state index contributed by atoms with van der Waals surface area (Å²) in [6, 6.07) is 10.00. The molecule has 0 spiro atoms. The quantitative estimate of drug-likeness (QED) is 0.799. The summed E-state index contributed by atoms with van der Waals surface area (Å²) < 4.78 is 7.31. The first-order valence-corrected chi connectivity index (χ1v) is 8.51. The smallest absolute Gasteiger partial charge is 0.258 e. The molecule has 0 bridgehead atoms. The molecule has 5 nitrogen and oxygen atoms in total. The fourth-order valence-electron chi connectivity index (χ4n) is 2.99. The van der Waals surface area contributed by atoms with E-state index in [9.17, 15) is 4.79 Å². The summed E-state index contributed by atoms with van der Waals surface area (Å²) in [6.45, 7) is 3.41. The lowest BCUT2D eigenvalue weighted by molar-refractivity contribution is 0.303. The van der Waals surface area contributed by atoms with E-state index in [1.165, 1.54) is 16.9 Å². The van der Waals surface area contributed by atoms with E-state index in [-0.39, 0.29) is 11.6 Å². The Labute approximate surface area is 137 Å². The number of ether oxygens (including phenoxy) is 1. The zero-order valence-corrected chi connectivity index (χ0v) is 13.5. The molecule has 3 heterocycles. The van der Waals surface area contributed by atoms with Crippen LogP contribution in [-0.4, -0.2) is 22.0 Å². The summed E-state index contributed by atoms with van der Waals surface area (Å²) in [7, 11) is 0. The third kappa shape index (κ3) is 2.64. The van der Waals surface area contributed by atoms with Gasteiger partial charge in [0.2, 0.25) is 0 Å². The van der Waals surface area contributed by atoms with Gasteiger partial charge in [0.25, 0.3) is 5.56 Å². The number of hydrogen-bond acceptors (Lipinski definition) is 5. The highest BCUT2D eigenvalue weighted by Gasteiger charge is 2.28. The number of benzene rings is 1. The van der Waals surface area contributed by atoms with Crippen molar-refractivity contribution >= 4 is 16.3 Å². The standard InChI is InChI=1S/C17H17N3O2S/c1-11(14-10-22-15-5-3-2-4-13(14)15)18-9-12-8-16(21)20-6-7-23-17(20)19-12/h2-8,11,14,18H,9-10H2,1H3/t11-,14-/m1/s1. The van der Waals surface area contributed by atoms with Crippen LogP contribution in [0.5, 0.6) is 5.75 Å². The minimum Gasteiger partial charge on any atom is -0.493 e. The van der Waals surface area contributed by atoms with Gasteiger partial charge in [0.15, 0.2) is 4.96 Å². The maximum atomic E-state index is 12.0. The van der Waals surface area contributed by atoms with Gasteiger partial charge in [0.05, 0.1) is 12.3 Å². The molecule has 0 fully saturated rings. The molecule has 4 rings (SSSR count). The summed E-state index contributed by atoms with van der Waals surface area (Å²) in [5, 5.41) is 5.35. The summed E-state index contributed by atoms with van der Waals surface area (Å²) in [5.74, 6) is 1.29. The van der Waals surface area contributed by atoms with Crippen LogP contribution in [0.4, 0.5) is 0 Å². The molecule has 6 heteroatoms. The average Bonchev–Trinajstić information content (AvgIpc) is 3.19. The number of rotatable bonds is 4. The predicted molar refractivity (Wildman–Crippen MR) is 90.3 cm³/mol. The van der Waals surface area contributed by atoms with Crippen LogP contribution in [0.15, 0.2) is 46.7 Å². The van der Waals surface area contributed by atoms with E-state index >= 15 is 0 Å². The monoisotopic (exact) mass is 327 g/mol. The van der Waals surface area contributed by atoms with Crippen molar-refractivity contribution < 1.29 is 4.74 Å². The van der Waals surface area contributed by atoms with Crippen molar-refractivity contribution in [2.75, 3.05) is 6.61 Å². The first kappa shape index (κ1) is 14.4. The summed E-state index contributed by atoms with van der Waals surface area (Å²) in [4.78, 5) is 17.3. The molecule has 2 aromatic heterocycles. The topological polar surface area (TPSA) is 55.6 Å². The Morgan fingerprint density at radius 3 is 3.26 bits per heavy atom. The van der Waals surface area contributed by atoms with Gasteiger partial charge >= 0.3 is 0 Å². The molecule has 1 aromatic carbocycles. The Kier molecular flexibility index (Phi) is 3.63. The van der Waals surface area contributed by atoms with Crippen molar-refractivity contribution in [2.45, 2.75) is 25.4 Å². The Morgan fingerprint density at radius 1 is 1.48 bits per heavy atom. The fraction of sp³-hybridized carbons (Fsp3) is 0.294.